The Balaban J connectivity index is 1.15. The predicted octanol–water partition coefficient (Wildman–Crippen LogP) is 22.6. The second-order valence-corrected chi connectivity index (χ2v) is 23.8. The molecule has 0 saturated heterocycles. The lowest BCUT2D eigenvalue weighted by atomic mass is 9.67. The van der Waals surface area contributed by atoms with Crippen molar-refractivity contribution in [1.29, 1.82) is 0 Å². The van der Waals surface area contributed by atoms with Gasteiger partial charge < -0.3 is 19.6 Å². The lowest BCUT2D eigenvalue weighted by Gasteiger charge is -2.37. The molecule has 0 bridgehead atoms. The number of fused-ring (bicyclic) bond motifs is 7. The van der Waals surface area contributed by atoms with Crippen molar-refractivity contribution in [1.82, 2.24) is 0 Å². The molecule has 0 aromatic heterocycles. The molecule has 1 spiro atoms. The molecule has 13 rings (SSSR count). The summed E-state index contributed by atoms with van der Waals surface area (Å²) in [6.45, 7) is 22.3. The first-order valence-corrected chi connectivity index (χ1v) is 30.0. The van der Waals surface area contributed by atoms with E-state index in [9.17, 15) is 0 Å². The fraction of sp³-hybridized carbons (Fsp3) is 0.122. The summed E-state index contributed by atoms with van der Waals surface area (Å²) in [5, 5.41) is 0. The van der Waals surface area contributed by atoms with Gasteiger partial charge >= 0.3 is 0 Å². The van der Waals surface area contributed by atoms with Gasteiger partial charge in [-0.05, 0) is 240 Å². The van der Waals surface area contributed by atoms with Crippen LogP contribution >= 0.6 is 0 Å². The fourth-order valence-electron chi connectivity index (χ4n) is 12.7. The Bertz CT molecular complexity index is 4030. The number of hydrogen-bond acceptors (Lipinski definition) is 4. The van der Waals surface area contributed by atoms with Gasteiger partial charge in [0, 0.05) is 68.3 Å². The highest BCUT2D eigenvalue weighted by atomic mass is 15.2. The maximum Gasteiger partial charge on any atom is 0.0507 e. The summed E-state index contributed by atoms with van der Waals surface area (Å²) in [5.74, 6) is 0. The van der Waals surface area contributed by atoms with Crippen LogP contribution in [0.25, 0.3) is 16.7 Å². The van der Waals surface area contributed by atoms with Crippen molar-refractivity contribution in [2.24, 2.45) is 0 Å². The standard InChI is InChI=1S/C82H72N4/c1-55-10-27-64(28-11-55)83(65-29-12-56(2)13-30-65)72-43-26-63(9)76-47-44-73(84(66-31-14-57(3)15-32-66)67-33-16-58(4)17-34-67)52-79(76)82(51-50-72)80-53-74(85(68-35-18-59(5)19-36-68)69-37-20-60(6)21-38-69)45-48-77(80)78-49-46-75(54-81(78)82)86(70-39-22-61(7)23-40-70)71-41-24-62(8)25-42-71/h10-50,52-54H,9,51H2,1-8H3/b43-26-,72-50+. The summed E-state index contributed by atoms with van der Waals surface area (Å²) in [4.78, 5) is 9.70. The minimum absolute atomic E-state index is 0.594. The lowest BCUT2D eigenvalue weighted by Crippen LogP contribution is -2.29. The molecule has 0 aliphatic heterocycles. The van der Waals surface area contributed by atoms with Gasteiger partial charge in [-0.2, -0.15) is 0 Å². The van der Waals surface area contributed by atoms with Crippen molar-refractivity contribution < 1.29 is 0 Å². The van der Waals surface area contributed by atoms with Crippen LogP contribution in [0.15, 0.2) is 279 Å². The monoisotopic (exact) mass is 1110 g/mol. The molecule has 0 fully saturated rings. The molecule has 11 aromatic carbocycles. The Morgan fingerprint density at radius 1 is 0.256 bits per heavy atom. The van der Waals surface area contributed by atoms with Crippen molar-refractivity contribution >= 4 is 68.1 Å². The van der Waals surface area contributed by atoms with Gasteiger partial charge in [-0.1, -0.05) is 178 Å². The molecule has 0 atom stereocenters. The maximum absolute atomic E-state index is 5.05. The third-order valence-electron chi connectivity index (χ3n) is 17.5. The van der Waals surface area contributed by atoms with E-state index in [0.29, 0.717) is 6.42 Å². The number of benzene rings is 11. The molecule has 0 amide bonds. The van der Waals surface area contributed by atoms with Crippen LogP contribution in [-0.4, -0.2) is 0 Å². The van der Waals surface area contributed by atoms with E-state index in [1.807, 2.05) is 0 Å². The van der Waals surface area contributed by atoms with Crippen LogP contribution in [0.2, 0.25) is 0 Å². The third kappa shape index (κ3) is 10.4. The molecule has 0 saturated carbocycles. The van der Waals surface area contributed by atoms with Gasteiger partial charge in [-0.3, -0.25) is 0 Å². The van der Waals surface area contributed by atoms with Crippen molar-refractivity contribution in [3.8, 4) is 11.1 Å². The van der Waals surface area contributed by atoms with E-state index in [1.54, 1.807) is 0 Å². The maximum atomic E-state index is 5.05. The molecule has 0 unspecified atom stereocenters. The van der Waals surface area contributed by atoms with Gasteiger partial charge in [0.25, 0.3) is 0 Å². The molecule has 11 aromatic rings. The summed E-state index contributed by atoms with van der Waals surface area (Å²) in [5.41, 5.74) is 29.9. The van der Waals surface area contributed by atoms with E-state index < -0.39 is 5.41 Å². The molecule has 0 heterocycles. The van der Waals surface area contributed by atoms with Crippen LogP contribution in [-0.2, 0) is 5.41 Å². The van der Waals surface area contributed by atoms with Crippen molar-refractivity contribution in [2.45, 2.75) is 67.2 Å². The molecular weight excluding hydrogens is 1040 g/mol. The van der Waals surface area contributed by atoms with Gasteiger partial charge in [-0.15, -0.1) is 0 Å². The van der Waals surface area contributed by atoms with E-state index in [1.165, 1.54) is 72.3 Å². The van der Waals surface area contributed by atoms with E-state index in [-0.39, 0.29) is 0 Å². The summed E-state index contributed by atoms with van der Waals surface area (Å²) in [6, 6.07) is 93.2. The molecule has 4 nitrogen and oxygen atoms in total. The van der Waals surface area contributed by atoms with Gasteiger partial charge in [-0.25, -0.2) is 0 Å². The molecule has 0 N–H and O–H groups in total. The Kier molecular flexibility index (Phi) is 14.6. The Morgan fingerprint density at radius 2 is 0.477 bits per heavy atom. The molecule has 420 valence electrons. The van der Waals surface area contributed by atoms with Crippen LogP contribution in [0, 0.1) is 55.4 Å². The van der Waals surface area contributed by atoms with Gasteiger partial charge in [0.2, 0.25) is 0 Å². The summed E-state index contributed by atoms with van der Waals surface area (Å²) >= 11 is 0. The first kappa shape index (κ1) is 55.1. The second kappa shape index (κ2) is 22.8. The predicted molar refractivity (Wildman–Crippen MR) is 366 cm³/mol. The average molecular weight is 1110 g/mol. The second-order valence-electron chi connectivity index (χ2n) is 23.8. The molecule has 2 aliphatic rings. The highest BCUT2D eigenvalue weighted by Gasteiger charge is 2.47. The Hall–Kier alpha value is -10.2. The number of allylic oxidation sites excluding steroid dienone is 4. The van der Waals surface area contributed by atoms with Crippen LogP contribution in [0.1, 0.15) is 73.2 Å². The number of rotatable bonds is 12. The van der Waals surface area contributed by atoms with Crippen LogP contribution in [0.3, 0.4) is 0 Å². The smallest absolute Gasteiger partial charge is 0.0507 e. The summed E-state index contributed by atoms with van der Waals surface area (Å²) in [7, 11) is 0. The van der Waals surface area contributed by atoms with Crippen LogP contribution in [0.4, 0.5) is 62.6 Å². The largest absolute Gasteiger partial charge is 0.311 e. The first-order valence-electron chi connectivity index (χ1n) is 30.0. The first-order chi connectivity index (χ1) is 41.8. The zero-order valence-corrected chi connectivity index (χ0v) is 50.6. The number of hydrogen-bond donors (Lipinski definition) is 0. The summed E-state index contributed by atoms with van der Waals surface area (Å²) in [6.07, 6.45) is 7.64. The zero-order chi connectivity index (χ0) is 59.2. The number of aryl methyl sites for hydroxylation is 8. The van der Waals surface area contributed by atoms with Crippen LogP contribution < -0.4 is 19.6 Å². The van der Waals surface area contributed by atoms with E-state index in [4.69, 9.17) is 6.58 Å². The van der Waals surface area contributed by atoms with Crippen LogP contribution in [0.5, 0.6) is 0 Å². The third-order valence-corrected chi connectivity index (χ3v) is 17.5. The number of anilines is 11. The average Bonchev–Trinajstić information content (AvgIpc) is 1.55. The summed E-state index contributed by atoms with van der Waals surface area (Å²) < 4.78 is 0. The lowest BCUT2D eigenvalue weighted by molar-refractivity contribution is 0.641. The zero-order valence-electron chi connectivity index (χ0n) is 50.6. The number of nitrogens with zero attached hydrogens (tertiary/aromatic N) is 4. The Morgan fingerprint density at radius 3 is 0.744 bits per heavy atom. The minimum Gasteiger partial charge on any atom is -0.311 e. The van der Waals surface area contributed by atoms with E-state index in [2.05, 4.69) is 342 Å². The van der Waals surface area contributed by atoms with E-state index in [0.717, 1.165) is 79.4 Å². The molecule has 2 aliphatic carbocycles. The molecule has 4 heteroatoms. The molecule has 86 heavy (non-hydrogen) atoms. The highest BCUT2D eigenvalue weighted by Crippen LogP contribution is 2.60. The van der Waals surface area contributed by atoms with Gasteiger partial charge in [0.1, 0.15) is 0 Å². The van der Waals surface area contributed by atoms with Crippen molar-refractivity contribution in [2.75, 3.05) is 19.6 Å². The van der Waals surface area contributed by atoms with Crippen molar-refractivity contribution in [3.05, 3.63) is 346 Å². The van der Waals surface area contributed by atoms with E-state index >= 15 is 0 Å². The van der Waals surface area contributed by atoms with Gasteiger partial charge in [0.15, 0.2) is 0 Å². The fourth-order valence-corrected chi connectivity index (χ4v) is 12.7. The Labute approximate surface area is 509 Å². The quantitative estimate of drug-likeness (QED) is 0.121. The highest BCUT2D eigenvalue weighted by molar-refractivity contribution is 5.93. The SMILES string of the molecule is C=C1/C=C\C(N(c2ccc(C)cc2)c2ccc(C)cc2)=C/CC2(c3cc(N(c4ccc(C)cc4)c4ccc(C)cc4)ccc31)c1cc(N(c3ccc(C)cc3)c3ccc(C)cc3)ccc1-c1ccc(N(c3ccc(C)cc3)c3ccc(C)cc3)cc12. The van der Waals surface area contributed by atoms with Crippen molar-refractivity contribution in [3.63, 3.8) is 0 Å². The normalized spacial score (nSPS) is 14.0. The topological polar surface area (TPSA) is 13.0 Å². The molecule has 0 radical (unpaired) electrons. The van der Waals surface area contributed by atoms with Gasteiger partial charge in [0.05, 0.1) is 5.41 Å². The molecular formula is C82H72N4. The minimum atomic E-state index is -0.834.